The number of nitrogens with two attached hydrogens (primary N) is 1. The molecule has 1 saturated heterocycles. The lowest BCUT2D eigenvalue weighted by Crippen LogP contribution is -2.50. The molecule has 0 radical (unpaired) electrons. The highest BCUT2D eigenvalue weighted by molar-refractivity contribution is 5.76. The largest absolute Gasteiger partial charge is 0.372 e. The molecule has 0 unspecified atom stereocenters. The number of carbonyl (C=O) groups excluding carboxylic acids is 1. The minimum Gasteiger partial charge on any atom is -0.372 e. The van der Waals surface area contributed by atoms with Crippen LogP contribution in [0.4, 0.5) is 0 Å². The molecule has 0 aliphatic carbocycles. The van der Waals surface area contributed by atoms with Gasteiger partial charge in [0.05, 0.1) is 12.2 Å². The first-order valence-corrected chi connectivity index (χ1v) is 5.67. The Morgan fingerprint density at radius 1 is 1.47 bits per heavy atom. The number of rotatable bonds is 4. The number of nitrogens with zero attached hydrogens (tertiary/aromatic N) is 1. The topological polar surface area (TPSA) is 55.6 Å². The Hall–Kier alpha value is -0.610. The van der Waals surface area contributed by atoms with Gasteiger partial charge in [0, 0.05) is 19.5 Å². The third-order valence-electron chi connectivity index (χ3n) is 2.62. The SMILES string of the molecule is CC1(C)CN(C(=O)CCCCN)CCO1. The molecular weight excluding hydrogens is 192 g/mol. The van der Waals surface area contributed by atoms with E-state index in [4.69, 9.17) is 10.5 Å². The highest BCUT2D eigenvalue weighted by Gasteiger charge is 2.29. The van der Waals surface area contributed by atoms with Gasteiger partial charge in [0.2, 0.25) is 5.91 Å². The fourth-order valence-electron chi connectivity index (χ4n) is 1.81. The zero-order valence-electron chi connectivity index (χ0n) is 9.79. The van der Waals surface area contributed by atoms with Crippen LogP contribution in [0.5, 0.6) is 0 Å². The third-order valence-corrected chi connectivity index (χ3v) is 2.62. The van der Waals surface area contributed by atoms with Crippen molar-refractivity contribution in [3.05, 3.63) is 0 Å². The van der Waals surface area contributed by atoms with E-state index in [1.165, 1.54) is 0 Å². The molecule has 1 amide bonds. The van der Waals surface area contributed by atoms with Crippen molar-refractivity contribution in [2.75, 3.05) is 26.2 Å². The van der Waals surface area contributed by atoms with E-state index in [2.05, 4.69) is 0 Å². The van der Waals surface area contributed by atoms with E-state index in [0.29, 0.717) is 26.1 Å². The lowest BCUT2D eigenvalue weighted by atomic mass is 10.1. The van der Waals surface area contributed by atoms with Crippen LogP contribution >= 0.6 is 0 Å². The summed E-state index contributed by atoms with van der Waals surface area (Å²) in [6.07, 6.45) is 2.44. The molecule has 0 bridgehead atoms. The van der Waals surface area contributed by atoms with Gasteiger partial charge in [-0.05, 0) is 33.2 Å². The van der Waals surface area contributed by atoms with Gasteiger partial charge >= 0.3 is 0 Å². The van der Waals surface area contributed by atoms with Crippen LogP contribution in [-0.2, 0) is 9.53 Å². The van der Waals surface area contributed by atoms with E-state index in [-0.39, 0.29) is 11.5 Å². The van der Waals surface area contributed by atoms with Crippen LogP contribution in [0, 0.1) is 0 Å². The summed E-state index contributed by atoms with van der Waals surface area (Å²) in [6.45, 7) is 6.79. The maximum absolute atomic E-state index is 11.8. The Bertz CT molecular complexity index is 217. The van der Waals surface area contributed by atoms with Crippen molar-refractivity contribution in [3.8, 4) is 0 Å². The zero-order chi connectivity index (χ0) is 11.3. The van der Waals surface area contributed by atoms with E-state index < -0.39 is 0 Å². The molecule has 2 N–H and O–H groups in total. The lowest BCUT2D eigenvalue weighted by molar-refractivity contribution is -0.146. The van der Waals surface area contributed by atoms with Crippen molar-refractivity contribution in [1.82, 2.24) is 4.90 Å². The van der Waals surface area contributed by atoms with Crippen LogP contribution in [0.3, 0.4) is 0 Å². The normalized spacial score (nSPS) is 20.3. The summed E-state index contributed by atoms with van der Waals surface area (Å²) in [5.41, 5.74) is 5.20. The van der Waals surface area contributed by atoms with Crippen molar-refractivity contribution in [2.45, 2.75) is 38.7 Å². The molecule has 1 aliphatic rings. The van der Waals surface area contributed by atoms with Crippen LogP contribution in [0.2, 0.25) is 0 Å². The van der Waals surface area contributed by atoms with Gasteiger partial charge in [0.25, 0.3) is 0 Å². The van der Waals surface area contributed by atoms with E-state index in [9.17, 15) is 4.79 Å². The van der Waals surface area contributed by atoms with Crippen LogP contribution in [0.15, 0.2) is 0 Å². The van der Waals surface area contributed by atoms with Gasteiger partial charge in [0.15, 0.2) is 0 Å². The quantitative estimate of drug-likeness (QED) is 0.703. The van der Waals surface area contributed by atoms with Crippen molar-refractivity contribution in [2.24, 2.45) is 5.73 Å². The summed E-state index contributed by atoms with van der Waals surface area (Å²) >= 11 is 0. The minimum absolute atomic E-state index is 0.193. The minimum atomic E-state index is -0.193. The van der Waals surface area contributed by atoms with E-state index in [0.717, 1.165) is 19.4 Å². The highest BCUT2D eigenvalue weighted by Crippen LogP contribution is 2.17. The predicted octanol–water partition coefficient (Wildman–Crippen LogP) is 0.753. The average molecular weight is 214 g/mol. The maximum Gasteiger partial charge on any atom is 0.222 e. The second-order valence-corrected chi connectivity index (χ2v) is 4.67. The number of morpholine rings is 1. The lowest BCUT2D eigenvalue weighted by Gasteiger charge is -2.38. The second kappa shape index (κ2) is 5.47. The molecule has 1 aliphatic heterocycles. The smallest absolute Gasteiger partial charge is 0.222 e. The molecule has 1 fully saturated rings. The number of unbranched alkanes of at least 4 members (excludes halogenated alkanes) is 1. The van der Waals surface area contributed by atoms with E-state index in [1.54, 1.807) is 0 Å². The third kappa shape index (κ3) is 4.18. The van der Waals surface area contributed by atoms with Gasteiger partial charge in [-0.2, -0.15) is 0 Å². The standard InChI is InChI=1S/C11H22N2O2/c1-11(2)9-13(7-8-15-11)10(14)5-3-4-6-12/h3-9,12H2,1-2H3. The Labute approximate surface area is 91.8 Å². The molecule has 0 aromatic rings. The van der Waals surface area contributed by atoms with E-state index in [1.807, 2.05) is 18.7 Å². The maximum atomic E-state index is 11.8. The van der Waals surface area contributed by atoms with E-state index >= 15 is 0 Å². The van der Waals surface area contributed by atoms with Gasteiger partial charge in [-0.1, -0.05) is 0 Å². The van der Waals surface area contributed by atoms with Crippen LogP contribution in [0.1, 0.15) is 33.1 Å². The summed E-state index contributed by atoms with van der Waals surface area (Å²) in [5.74, 6) is 0.236. The summed E-state index contributed by atoms with van der Waals surface area (Å²) in [7, 11) is 0. The monoisotopic (exact) mass is 214 g/mol. The van der Waals surface area contributed by atoms with Crippen molar-refractivity contribution >= 4 is 5.91 Å². The number of carbonyl (C=O) groups is 1. The van der Waals surface area contributed by atoms with Gasteiger partial charge < -0.3 is 15.4 Å². The molecule has 0 saturated carbocycles. The molecule has 0 atom stereocenters. The summed E-state index contributed by atoms with van der Waals surface area (Å²) < 4.78 is 5.56. The number of hydrogen-bond acceptors (Lipinski definition) is 3. The highest BCUT2D eigenvalue weighted by atomic mass is 16.5. The summed E-state index contributed by atoms with van der Waals surface area (Å²) in [5, 5.41) is 0. The molecule has 1 heterocycles. The Kier molecular flexibility index (Phi) is 4.54. The van der Waals surface area contributed by atoms with Crippen LogP contribution in [0.25, 0.3) is 0 Å². The number of ether oxygens (including phenoxy) is 1. The Balaban J connectivity index is 2.32. The Morgan fingerprint density at radius 3 is 2.80 bits per heavy atom. The molecule has 88 valence electrons. The average Bonchev–Trinajstić information content (AvgIpc) is 2.16. The molecule has 0 aromatic heterocycles. The predicted molar refractivity (Wildman–Crippen MR) is 59.5 cm³/mol. The van der Waals surface area contributed by atoms with Crippen LogP contribution in [-0.4, -0.2) is 42.6 Å². The molecule has 1 rings (SSSR count). The molecular formula is C11H22N2O2. The van der Waals surface area contributed by atoms with Gasteiger partial charge in [-0.15, -0.1) is 0 Å². The van der Waals surface area contributed by atoms with Gasteiger partial charge in [0.1, 0.15) is 0 Å². The van der Waals surface area contributed by atoms with Crippen molar-refractivity contribution in [3.63, 3.8) is 0 Å². The Morgan fingerprint density at radius 2 is 2.20 bits per heavy atom. The first kappa shape index (κ1) is 12.5. The van der Waals surface area contributed by atoms with Crippen LogP contribution < -0.4 is 5.73 Å². The molecule has 0 aromatic carbocycles. The zero-order valence-corrected chi connectivity index (χ0v) is 9.79. The number of hydrogen-bond donors (Lipinski definition) is 1. The van der Waals surface area contributed by atoms with Crippen molar-refractivity contribution < 1.29 is 9.53 Å². The molecule has 15 heavy (non-hydrogen) atoms. The second-order valence-electron chi connectivity index (χ2n) is 4.67. The fourth-order valence-corrected chi connectivity index (χ4v) is 1.81. The number of amides is 1. The van der Waals surface area contributed by atoms with Gasteiger partial charge in [-0.25, -0.2) is 0 Å². The first-order chi connectivity index (χ1) is 7.05. The van der Waals surface area contributed by atoms with Gasteiger partial charge in [-0.3, -0.25) is 4.79 Å². The van der Waals surface area contributed by atoms with Crippen molar-refractivity contribution in [1.29, 1.82) is 0 Å². The molecule has 0 spiro atoms. The summed E-state index contributed by atoms with van der Waals surface area (Å²) in [4.78, 5) is 13.7. The summed E-state index contributed by atoms with van der Waals surface area (Å²) in [6, 6.07) is 0. The molecule has 4 heteroatoms. The molecule has 4 nitrogen and oxygen atoms in total. The first-order valence-electron chi connectivity index (χ1n) is 5.67. The fraction of sp³-hybridized carbons (Fsp3) is 0.909.